The zero-order valence-electron chi connectivity index (χ0n) is 23.1. The van der Waals surface area contributed by atoms with Gasteiger partial charge in [0, 0.05) is 24.4 Å². The molecule has 6 rings (SSSR count). The van der Waals surface area contributed by atoms with Crippen molar-refractivity contribution in [2.24, 2.45) is 10.8 Å². The molecule has 202 valence electrons. The molecular formula is C31H35N5OS2. The normalized spacial score (nSPS) is 21.8. The van der Waals surface area contributed by atoms with Crippen molar-refractivity contribution in [1.82, 2.24) is 24.6 Å². The Kier molecular flexibility index (Phi) is 6.88. The van der Waals surface area contributed by atoms with Gasteiger partial charge in [-0.3, -0.25) is 9.36 Å². The number of carbonyl (C=O) groups is 1. The van der Waals surface area contributed by atoms with Crippen molar-refractivity contribution in [2.45, 2.75) is 70.3 Å². The molecule has 1 saturated carbocycles. The van der Waals surface area contributed by atoms with Crippen molar-refractivity contribution in [1.29, 1.82) is 0 Å². The number of amides is 1. The van der Waals surface area contributed by atoms with Gasteiger partial charge in [0.25, 0.3) is 5.91 Å². The molecule has 1 amide bonds. The predicted octanol–water partition coefficient (Wildman–Crippen LogP) is 6.96. The first-order chi connectivity index (χ1) is 18.7. The SMILES string of the molecule is Cc1ccccc1-n1c(Cc2ccccc2)nnc1SCc1nc(C(=O)N2CC3(C)CC2CC(C)(C)C3)cs1. The second-order valence-electron chi connectivity index (χ2n) is 12.2. The van der Waals surface area contributed by atoms with Crippen molar-refractivity contribution < 1.29 is 4.79 Å². The van der Waals surface area contributed by atoms with Gasteiger partial charge in [0.2, 0.25) is 0 Å². The van der Waals surface area contributed by atoms with Crippen LogP contribution in [0.2, 0.25) is 0 Å². The summed E-state index contributed by atoms with van der Waals surface area (Å²) in [6.07, 6.45) is 4.05. The molecule has 0 N–H and O–H groups in total. The third kappa shape index (κ3) is 5.41. The summed E-state index contributed by atoms with van der Waals surface area (Å²) in [6.45, 7) is 9.97. The number of fused-ring (bicyclic) bond motifs is 2. The zero-order valence-corrected chi connectivity index (χ0v) is 24.7. The second kappa shape index (κ2) is 10.2. The van der Waals surface area contributed by atoms with Crippen LogP contribution in [0.5, 0.6) is 0 Å². The largest absolute Gasteiger partial charge is 0.334 e. The van der Waals surface area contributed by atoms with Crippen LogP contribution in [0.25, 0.3) is 5.69 Å². The Hall–Kier alpha value is -2.97. The second-order valence-corrected chi connectivity index (χ2v) is 14.1. The molecule has 2 aromatic carbocycles. The Morgan fingerprint density at radius 3 is 2.62 bits per heavy atom. The maximum atomic E-state index is 13.5. The number of hydrogen-bond acceptors (Lipinski definition) is 6. The predicted molar refractivity (Wildman–Crippen MR) is 158 cm³/mol. The number of para-hydroxylation sites is 1. The number of thiazole rings is 1. The third-order valence-corrected chi connectivity index (χ3v) is 10.0. The lowest BCUT2D eigenvalue weighted by atomic mass is 9.65. The number of benzene rings is 2. The molecule has 1 saturated heterocycles. The van der Waals surface area contributed by atoms with Crippen molar-refractivity contribution >= 4 is 29.0 Å². The lowest BCUT2D eigenvalue weighted by Gasteiger charge is -2.39. The summed E-state index contributed by atoms with van der Waals surface area (Å²) in [5.74, 6) is 1.63. The van der Waals surface area contributed by atoms with E-state index in [2.05, 4.69) is 95.9 Å². The minimum Gasteiger partial charge on any atom is -0.334 e. The van der Waals surface area contributed by atoms with E-state index in [1.165, 1.54) is 17.5 Å². The van der Waals surface area contributed by atoms with E-state index < -0.39 is 0 Å². The van der Waals surface area contributed by atoms with Crippen LogP contribution >= 0.6 is 23.1 Å². The number of aromatic nitrogens is 4. The number of rotatable bonds is 7. The summed E-state index contributed by atoms with van der Waals surface area (Å²) in [5, 5.41) is 12.9. The van der Waals surface area contributed by atoms with E-state index in [-0.39, 0.29) is 16.7 Å². The van der Waals surface area contributed by atoms with Crippen LogP contribution in [0.15, 0.2) is 65.1 Å². The van der Waals surface area contributed by atoms with Gasteiger partial charge >= 0.3 is 0 Å². The molecule has 2 atom stereocenters. The fourth-order valence-corrected chi connectivity index (χ4v) is 8.54. The van der Waals surface area contributed by atoms with Crippen LogP contribution in [-0.2, 0) is 12.2 Å². The molecule has 4 aromatic rings. The first-order valence-corrected chi connectivity index (χ1v) is 15.5. The molecule has 2 aliphatic rings. The highest BCUT2D eigenvalue weighted by molar-refractivity contribution is 7.98. The minimum absolute atomic E-state index is 0.0853. The highest BCUT2D eigenvalue weighted by atomic mass is 32.2. The number of thioether (sulfide) groups is 1. The zero-order chi connectivity index (χ0) is 27.2. The first-order valence-electron chi connectivity index (χ1n) is 13.6. The highest BCUT2D eigenvalue weighted by Crippen LogP contribution is 2.52. The monoisotopic (exact) mass is 557 g/mol. The molecular weight excluding hydrogens is 523 g/mol. The standard InChI is InChI=1S/C31H35N5OS2/c1-21-10-8-9-13-25(21)36-26(14-22-11-6-5-7-12-22)33-34-29(36)39-18-27-32-24(17-38-27)28(37)35-20-31(4)16-23(35)15-30(2,3)19-31/h5-13,17,23H,14-16,18-20H2,1-4H3. The lowest BCUT2D eigenvalue weighted by Crippen LogP contribution is -2.37. The van der Waals surface area contributed by atoms with E-state index in [9.17, 15) is 4.79 Å². The molecule has 2 unspecified atom stereocenters. The summed E-state index contributed by atoms with van der Waals surface area (Å²) in [4.78, 5) is 20.4. The number of carbonyl (C=O) groups excluding carboxylic acids is 1. The van der Waals surface area contributed by atoms with Crippen LogP contribution in [0.3, 0.4) is 0 Å². The number of likely N-dealkylation sites (tertiary alicyclic amines) is 1. The van der Waals surface area contributed by atoms with Gasteiger partial charge < -0.3 is 4.90 Å². The Bertz CT molecular complexity index is 1490. The van der Waals surface area contributed by atoms with Gasteiger partial charge in [0.05, 0.1) is 11.4 Å². The fraction of sp³-hybridized carbons (Fsp3) is 0.419. The van der Waals surface area contributed by atoms with Gasteiger partial charge in [-0.05, 0) is 54.2 Å². The topological polar surface area (TPSA) is 63.9 Å². The summed E-state index contributed by atoms with van der Waals surface area (Å²) >= 11 is 3.18. The summed E-state index contributed by atoms with van der Waals surface area (Å²) < 4.78 is 2.17. The highest BCUT2D eigenvalue weighted by Gasteiger charge is 2.51. The van der Waals surface area contributed by atoms with Crippen molar-refractivity contribution in [3.8, 4) is 5.69 Å². The van der Waals surface area contributed by atoms with Gasteiger partial charge in [-0.15, -0.1) is 21.5 Å². The Balaban J connectivity index is 1.20. The van der Waals surface area contributed by atoms with E-state index in [1.54, 1.807) is 23.1 Å². The molecule has 2 bridgehead atoms. The maximum absolute atomic E-state index is 13.5. The van der Waals surface area contributed by atoms with Crippen LogP contribution < -0.4 is 0 Å². The Labute approximate surface area is 238 Å². The van der Waals surface area contributed by atoms with E-state index >= 15 is 0 Å². The molecule has 3 heterocycles. The van der Waals surface area contributed by atoms with Crippen molar-refractivity contribution in [3.05, 3.63) is 87.6 Å². The molecule has 1 aliphatic heterocycles. The van der Waals surface area contributed by atoms with Gasteiger partial charge in [0.15, 0.2) is 5.16 Å². The van der Waals surface area contributed by atoms with Crippen LogP contribution in [-0.4, -0.2) is 43.1 Å². The van der Waals surface area contributed by atoms with Gasteiger partial charge in [0.1, 0.15) is 16.5 Å². The summed E-state index contributed by atoms with van der Waals surface area (Å²) in [5.41, 5.74) is 4.53. The molecule has 2 aromatic heterocycles. The van der Waals surface area contributed by atoms with Crippen molar-refractivity contribution in [3.63, 3.8) is 0 Å². The Morgan fingerprint density at radius 2 is 1.82 bits per heavy atom. The van der Waals surface area contributed by atoms with Crippen molar-refractivity contribution in [2.75, 3.05) is 6.54 Å². The van der Waals surface area contributed by atoms with E-state index in [4.69, 9.17) is 4.98 Å². The smallest absolute Gasteiger partial charge is 0.273 e. The molecule has 6 nitrogen and oxygen atoms in total. The van der Waals surface area contributed by atoms with Crippen LogP contribution in [0.4, 0.5) is 0 Å². The van der Waals surface area contributed by atoms with Crippen LogP contribution in [0, 0.1) is 17.8 Å². The maximum Gasteiger partial charge on any atom is 0.273 e. The van der Waals surface area contributed by atoms with E-state index in [0.29, 0.717) is 23.9 Å². The number of nitrogens with zero attached hydrogens (tertiary/aromatic N) is 5. The average molecular weight is 558 g/mol. The molecule has 1 aliphatic carbocycles. The summed E-state index contributed by atoms with van der Waals surface area (Å²) in [6, 6.07) is 19.0. The molecule has 8 heteroatoms. The Morgan fingerprint density at radius 1 is 1.05 bits per heavy atom. The fourth-order valence-electron chi connectivity index (χ4n) is 6.79. The van der Waals surface area contributed by atoms with Crippen LogP contribution in [0.1, 0.15) is 72.5 Å². The van der Waals surface area contributed by atoms with E-state index in [0.717, 1.165) is 41.1 Å². The summed E-state index contributed by atoms with van der Waals surface area (Å²) in [7, 11) is 0. The first kappa shape index (κ1) is 26.3. The molecule has 0 spiro atoms. The number of hydrogen-bond donors (Lipinski definition) is 0. The average Bonchev–Trinajstić information content (AvgIpc) is 3.58. The number of aryl methyl sites for hydroxylation is 1. The van der Waals surface area contributed by atoms with Gasteiger partial charge in [-0.2, -0.15) is 0 Å². The third-order valence-electron chi connectivity index (χ3n) is 8.03. The minimum atomic E-state index is 0.0853. The van der Waals surface area contributed by atoms with Gasteiger partial charge in [-0.25, -0.2) is 4.98 Å². The molecule has 0 radical (unpaired) electrons. The molecule has 39 heavy (non-hydrogen) atoms. The van der Waals surface area contributed by atoms with Gasteiger partial charge in [-0.1, -0.05) is 81.1 Å². The lowest BCUT2D eigenvalue weighted by molar-refractivity contribution is 0.0703. The molecule has 2 fully saturated rings. The quantitative estimate of drug-likeness (QED) is 0.230. The van der Waals surface area contributed by atoms with E-state index in [1.807, 2.05) is 11.4 Å².